The van der Waals surface area contributed by atoms with Gasteiger partial charge < -0.3 is 10.1 Å². The maximum absolute atomic E-state index is 5.99. The van der Waals surface area contributed by atoms with Crippen molar-refractivity contribution < 1.29 is 4.74 Å². The molecule has 2 heterocycles. The number of rotatable bonds is 5. The molecular weight excluding hydrogens is 304 g/mol. The zero-order valence-corrected chi connectivity index (χ0v) is 13.3. The monoisotopic (exact) mass is 326 g/mol. The minimum absolute atomic E-state index is 0.179. The van der Waals surface area contributed by atoms with Crippen LogP contribution in [-0.2, 0) is 4.74 Å². The minimum Gasteiger partial charge on any atom is -0.373 e. The lowest BCUT2D eigenvalue weighted by Crippen LogP contribution is -2.33. The Morgan fingerprint density at radius 2 is 2.32 bits per heavy atom. The van der Waals surface area contributed by atoms with Crippen molar-refractivity contribution in [3.05, 3.63) is 28.5 Å². The van der Waals surface area contributed by atoms with Crippen molar-refractivity contribution in [3.8, 4) is 0 Å². The van der Waals surface area contributed by atoms with Crippen molar-refractivity contribution in [2.45, 2.75) is 32.8 Å². The normalized spacial score (nSPS) is 23.8. The predicted octanol–water partition coefficient (Wildman–Crippen LogP) is 3.56. The summed E-state index contributed by atoms with van der Waals surface area (Å²) in [5.74, 6) is 1.24. The highest BCUT2D eigenvalue weighted by Crippen LogP contribution is 2.33. The third kappa shape index (κ3) is 4.55. The maximum atomic E-state index is 5.99. The summed E-state index contributed by atoms with van der Waals surface area (Å²) < 4.78 is 7.01. The Bertz CT molecular complexity index is 397. The first-order chi connectivity index (χ1) is 9.16. The van der Waals surface area contributed by atoms with E-state index in [1.807, 2.05) is 12.4 Å². The molecule has 0 saturated carbocycles. The fourth-order valence-electron chi connectivity index (χ4n) is 2.56. The summed E-state index contributed by atoms with van der Waals surface area (Å²) in [5, 5.41) is 3.56. The number of nitrogens with zero attached hydrogens (tertiary/aromatic N) is 1. The van der Waals surface area contributed by atoms with E-state index in [4.69, 9.17) is 4.74 Å². The van der Waals surface area contributed by atoms with Gasteiger partial charge in [-0.3, -0.25) is 4.98 Å². The van der Waals surface area contributed by atoms with Crippen LogP contribution in [0.1, 0.15) is 38.4 Å². The Morgan fingerprint density at radius 3 is 3.05 bits per heavy atom. The quantitative estimate of drug-likeness (QED) is 0.898. The number of nitrogens with one attached hydrogen (secondary N) is 1. The van der Waals surface area contributed by atoms with E-state index in [1.165, 1.54) is 12.0 Å². The molecule has 1 aromatic rings. The van der Waals surface area contributed by atoms with Crippen molar-refractivity contribution >= 4 is 15.9 Å². The smallest absolute Gasteiger partial charge is 0.0880 e. The third-order valence-corrected chi connectivity index (χ3v) is 3.89. The highest BCUT2D eigenvalue weighted by molar-refractivity contribution is 9.10. The molecule has 1 N–H and O–H groups in total. The maximum Gasteiger partial charge on any atom is 0.0880 e. The number of ether oxygens (including phenoxy) is 1. The molecule has 4 heteroatoms. The lowest BCUT2D eigenvalue weighted by Gasteiger charge is -2.32. The van der Waals surface area contributed by atoms with Gasteiger partial charge in [-0.1, -0.05) is 13.8 Å². The van der Waals surface area contributed by atoms with Crippen LogP contribution in [0.3, 0.4) is 0 Å². The molecule has 1 aliphatic rings. The van der Waals surface area contributed by atoms with Crippen LogP contribution < -0.4 is 5.32 Å². The van der Waals surface area contributed by atoms with Gasteiger partial charge in [0.2, 0.25) is 0 Å². The molecule has 3 nitrogen and oxygen atoms in total. The molecule has 2 atom stereocenters. The van der Waals surface area contributed by atoms with Crippen LogP contribution in [0.25, 0.3) is 0 Å². The van der Waals surface area contributed by atoms with Crippen LogP contribution in [0.2, 0.25) is 0 Å². The summed E-state index contributed by atoms with van der Waals surface area (Å²) in [7, 11) is 0. The molecule has 2 rings (SSSR count). The summed E-state index contributed by atoms with van der Waals surface area (Å²) >= 11 is 3.49. The molecule has 0 aromatic carbocycles. The highest BCUT2D eigenvalue weighted by Gasteiger charge is 2.27. The first-order valence-electron chi connectivity index (χ1n) is 7.09. The molecule has 19 heavy (non-hydrogen) atoms. The Hall–Kier alpha value is -0.450. The van der Waals surface area contributed by atoms with Crippen LogP contribution in [0, 0.1) is 11.8 Å². The predicted molar refractivity (Wildman–Crippen MR) is 81.1 cm³/mol. The molecule has 1 fully saturated rings. The third-order valence-electron chi connectivity index (χ3n) is 3.46. The van der Waals surface area contributed by atoms with Crippen LogP contribution >= 0.6 is 15.9 Å². The second-order valence-corrected chi connectivity index (χ2v) is 6.60. The van der Waals surface area contributed by atoms with Crippen LogP contribution in [0.5, 0.6) is 0 Å². The van der Waals surface area contributed by atoms with Gasteiger partial charge in [-0.15, -0.1) is 0 Å². The molecule has 1 aromatic heterocycles. The fourth-order valence-corrected chi connectivity index (χ4v) is 2.94. The van der Waals surface area contributed by atoms with Crippen molar-refractivity contribution in [1.29, 1.82) is 0 Å². The standard InChI is InChI=1S/C15H23BrN2O/c1-11(2)7-17-8-12-4-3-5-19-15(12)13-6-14(16)10-18-9-13/h6,9-12,15,17H,3-5,7-8H2,1-2H3. The molecule has 0 bridgehead atoms. The Balaban J connectivity index is 1.99. The van der Waals surface area contributed by atoms with Gasteiger partial charge >= 0.3 is 0 Å². The van der Waals surface area contributed by atoms with E-state index in [0.717, 1.165) is 30.6 Å². The molecular formula is C15H23BrN2O. The topological polar surface area (TPSA) is 34.1 Å². The fraction of sp³-hybridized carbons (Fsp3) is 0.667. The van der Waals surface area contributed by atoms with E-state index in [0.29, 0.717) is 11.8 Å². The first kappa shape index (κ1) is 14.9. The Morgan fingerprint density at radius 1 is 1.47 bits per heavy atom. The Kier molecular flexibility index (Phi) is 5.79. The van der Waals surface area contributed by atoms with Crippen LogP contribution in [-0.4, -0.2) is 24.7 Å². The summed E-state index contributed by atoms with van der Waals surface area (Å²) in [4.78, 5) is 4.26. The number of hydrogen-bond acceptors (Lipinski definition) is 3. The first-order valence-corrected chi connectivity index (χ1v) is 7.89. The van der Waals surface area contributed by atoms with Crippen molar-refractivity contribution in [2.75, 3.05) is 19.7 Å². The minimum atomic E-state index is 0.179. The molecule has 2 unspecified atom stereocenters. The number of pyridine rings is 1. The lowest BCUT2D eigenvalue weighted by atomic mass is 9.90. The van der Waals surface area contributed by atoms with E-state index in [2.05, 4.69) is 46.1 Å². The average molecular weight is 327 g/mol. The van der Waals surface area contributed by atoms with Gasteiger partial charge in [-0.05, 0) is 47.3 Å². The molecule has 0 radical (unpaired) electrons. The number of hydrogen-bond donors (Lipinski definition) is 1. The summed E-state index contributed by atoms with van der Waals surface area (Å²) in [6.45, 7) is 7.42. The average Bonchev–Trinajstić information content (AvgIpc) is 2.39. The van der Waals surface area contributed by atoms with E-state index < -0.39 is 0 Å². The SMILES string of the molecule is CC(C)CNCC1CCCOC1c1cncc(Br)c1. The van der Waals surface area contributed by atoms with Crippen molar-refractivity contribution in [1.82, 2.24) is 10.3 Å². The molecule has 0 aliphatic carbocycles. The molecule has 0 spiro atoms. The van der Waals surface area contributed by atoms with Crippen LogP contribution in [0.15, 0.2) is 22.9 Å². The van der Waals surface area contributed by atoms with Crippen molar-refractivity contribution in [3.63, 3.8) is 0 Å². The molecule has 0 amide bonds. The second-order valence-electron chi connectivity index (χ2n) is 5.68. The molecule has 1 aliphatic heterocycles. The highest BCUT2D eigenvalue weighted by atomic mass is 79.9. The van der Waals surface area contributed by atoms with Gasteiger partial charge in [0.25, 0.3) is 0 Å². The van der Waals surface area contributed by atoms with Gasteiger partial charge in [0, 0.05) is 41.5 Å². The van der Waals surface area contributed by atoms with Gasteiger partial charge in [0.15, 0.2) is 0 Å². The second kappa shape index (κ2) is 7.36. The number of aromatic nitrogens is 1. The summed E-state index contributed by atoms with van der Waals surface area (Å²) in [5.41, 5.74) is 1.19. The van der Waals surface area contributed by atoms with Gasteiger partial charge in [0.1, 0.15) is 0 Å². The van der Waals surface area contributed by atoms with Crippen LogP contribution in [0.4, 0.5) is 0 Å². The summed E-state index contributed by atoms with van der Waals surface area (Å²) in [6.07, 6.45) is 6.31. The zero-order chi connectivity index (χ0) is 13.7. The van der Waals surface area contributed by atoms with Gasteiger partial charge in [-0.25, -0.2) is 0 Å². The molecule has 1 saturated heterocycles. The van der Waals surface area contributed by atoms with E-state index in [1.54, 1.807) is 0 Å². The van der Waals surface area contributed by atoms with Gasteiger partial charge in [0.05, 0.1) is 6.10 Å². The lowest BCUT2D eigenvalue weighted by molar-refractivity contribution is -0.0281. The van der Waals surface area contributed by atoms with Crippen molar-refractivity contribution in [2.24, 2.45) is 11.8 Å². The van der Waals surface area contributed by atoms with E-state index in [9.17, 15) is 0 Å². The molecule has 106 valence electrons. The number of halogens is 1. The Labute approximate surface area is 124 Å². The van der Waals surface area contributed by atoms with Gasteiger partial charge in [-0.2, -0.15) is 0 Å². The summed E-state index contributed by atoms with van der Waals surface area (Å²) in [6, 6.07) is 2.12. The van der Waals surface area contributed by atoms with E-state index >= 15 is 0 Å². The zero-order valence-electron chi connectivity index (χ0n) is 11.7. The largest absolute Gasteiger partial charge is 0.373 e. The van der Waals surface area contributed by atoms with E-state index in [-0.39, 0.29) is 6.10 Å².